The average Bonchev–Trinajstić information content (AvgIpc) is 3.03. The summed E-state index contributed by atoms with van der Waals surface area (Å²) in [7, 11) is 0. The second-order valence-electron chi connectivity index (χ2n) is 6.55. The van der Waals surface area contributed by atoms with Gasteiger partial charge in [0.05, 0.1) is 11.4 Å². The van der Waals surface area contributed by atoms with Gasteiger partial charge in [-0.05, 0) is 37.1 Å². The van der Waals surface area contributed by atoms with Crippen LogP contribution in [0.3, 0.4) is 0 Å². The Balaban J connectivity index is 1.49. The van der Waals surface area contributed by atoms with Gasteiger partial charge in [0, 0.05) is 36.7 Å². The van der Waals surface area contributed by atoms with Crippen LogP contribution >= 0.6 is 11.3 Å². The maximum atomic E-state index is 12.7. The van der Waals surface area contributed by atoms with Gasteiger partial charge in [0.1, 0.15) is 0 Å². The third kappa shape index (κ3) is 4.51. The molecule has 26 heavy (non-hydrogen) atoms. The van der Waals surface area contributed by atoms with Crippen molar-refractivity contribution in [3.05, 3.63) is 51.7 Å². The van der Waals surface area contributed by atoms with Gasteiger partial charge in [0.25, 0.3) is 5.91 Å². The fraction of sp³-hybridized carbons (Fsp3) is 0.400. The van der Waals surface area contributed by atoms with Crippen LogP contribution in [0.15, 0.2) is 36.4 Å². The quantitative estimate of drug-likeness (QED) is 0.879. The molecule has 1 fully saturated rings. The highest BCUT2D eigenvalue weighted by atomic mass is 32.1. The molecule has 138 valence electrons. The van der Waals surface area contributed by atoms with Crippen LogP contribution in [0.4, 0.5) is 5.69 Å². The van der Waals surface area contributed by atoms with E-state index < -0.39 is 0 Å². The Hall–Kier alpha value is -2.18. The lowest BCUT2D eigenvalue weighted by Crippen LogP contribution is -2.50. The van der Waals surface area contributed by atoms with E-state index in [0.29, 0.717) is 19.6 Å². The van der Waals surface area contributed by atoms with E-state index in [1.807, 2.05) is 41.3 Å². The summed E-state index contributed by atoms with van der Waals surface area (Å²) in [5.41, 5.74) is 2.02. The molecule has 1 N–H and O–H groups in total. The van der Waals surface area contributed by atoms with Crippen LogP contribution in [0.1, 0.15) is 27.0 Å². The first-order chi connectivity index (χ1) is 12.6. The first-order valence-corrected chi connectivity index (χ1v) is 9.84. The average molecular weight is 372 g/mol. The van der Waals surface area contributed by atoms with E-state index in [9.17, 15) is 9.59 Å². The van der Waals surface area contributed by atoms with Crippen molar-refractivity contribution in [2.75, 3.05) is 38.0 Å². The highest BCUT2D eigenvalue weighted by Gasteiger charge is 2.24. The Labute approximate surface area is 158 Å². The Morgan fingerprint density at radius 2 is 1.81 bits per heavy atom. The summed E-state index contributed by atoms with van der Waals surface area (Å²) in [4.78, 5) is 31.0. The number of anilines is 1. The maximum absolute atomic E-state index is 12.7. The molecule has 3 rings (SSSR count). The second-order valence-corrected chi connectivity index (χ2v) is 7.69. The molecular formula is C20H25N3O2S. The molecule has 1 aliphatic rings. The minimum atomic E-state index is -0.0163. The third-order valence-electron chi connectivity index (χ3n) is 4.64. The predicted octanol–water partition coefficient (Wildman–Crippen LogP) is 3.02. The highest BCUT2D eigenvalue weighted by molar-refractivity contribution is 7.14. The Morgan fingerprint density at radius 1 is 1.12 bits per heavy atom. The zero-order valence-electron chi connectivity index (χ0n) is 15.3. The molecule has 0 radical (unpaired) electrons. The number of para-hydroxylation sites is 1. The van der Waals surface area contributed by atoms with Crippen molar-refractivity contribution >= 4 is 28.8 Å². The van der Waals surface area contributed by atoms with Gasteiger partial charge >= 0.3 is 0 Å². The molecule has 0 saturated carbocycles. The molecule has 2 amide bonds. The van der Waals surface area contributed by atoms with Gasteiger partial charge in [-0.25, -0.2) is 0 Å². The predicted molar refractivity (Wildman–Crippen MR) is 106 cm³/mol. The zero-order chi connectivity index (χ0) is 18.5. The van der Waals surface area contributed by atoms with Crippen molar-refractivity contribution in [1.29, 1.82) is 0 Å². The summed E-state index contributed by atoms with van der Waals surface area (Å²) in [6, 6.07) is 11.5. The van der Waals surface area contributed by atoms with Crippen LogP contribution in [0.2, 0.25) is 0 Å². The van der Waals surface area contributed by atoms with E-state index >= 15 is 0 Å². The maximum Gasteiger partial charge on any atom is 0.264 e. The summed E-state index contributed by atoms with van der Waals surface area (Å²) < 4.78 is 0. The molecule has 2 aromatic rings. The topological polar surface area (TPSA) is 52.7 Å². The SMILES string of the molecule is CCc1sc(C(=O)N2CCN(CC(=O)Nc3ccccc3)CC2)cc1C. The molecule has 0 atom stereocenters. The number of carbonyl (C=O) groups excluding carboxylic acids is 2. The fourth-order valence-corrected chi connectivity index (χ4v) is 4.25. The number of carbonyl (C=O) groups is 2. The van der Waals surface area contributed by atoms with Crippen molar-refractivity contribution < 1.29 is 9.59 Å². The second kappa shape index (κ2) is 8.47. The first kappa shape index (κ1) is 18.6. The molecule has 0 spiro atoms. The monoisotopic (exact) mass is 371 g/mol. The van der Waals surface area contributed by atoms with Crippen LogP contribution in [0.25, 0.3) is 0 Å². The Bertz CT molecular complexity index is 765. The van der Waals surface area contributed by atoms with Crippen LogP contribution < -0.4 is 5.32 Å². The van der Waals surface area contributed by atoms with Gasteiger partial charge in [-0.15, -0.1) is 11.3 Å². The standard InChI is InChI=1S/C20H25N3O2S/c1-3-17-15(2)13-18(26-17)20(25)23-11-9-22(10-12-23)14-19(24)21-16-7-5-4-6-8-16/h4-8,13H,3,9-12,14H2,1-2H3,(H,21,24). The highest BCUT2D eigenvalue weighted by Crippen LogP contribution is 2.24. The summed E-state index contributed by atoms with van der Waals surface area (Å²) in [5, 5.41) is 2.90. The molecule has 1 saturated heterocycles. The van der Waals surface area contributed by atoms with Crippen LogP contribution in [-0.4, -0.2) is 54.3 Å². The lowest BCUT2D eigenvalue weighted by atomic mass is 10.2. The molecule has 1 aromatic carbocycles. The number of nitrogens with one attached hydrogen (secondary N) is 1. The molecule has 1 aliphatic heterocycles. The molecule has 0 unspecified atom stereocenters. The number of rotatable bonds is 5. The van der Waals surface area contributed by atoms with Crippen LogP contribution in [0.5, 0.6) is 0 Å². The van der Waals surface area contributed by atoms with Crippen molar-refractivity contribution in [3.8, 4) is 0 Å². The van der Waals surface area contributed by atoms with Gasteiger partial charge in [0.2, 0.25) is 5.91 Å². The van der Waals surface area contributed by atoms with E-state index in [1.54, 1.807) is 11.3 Å². The third-order valence-corrected chi connectivity index (χ3v) is 6.01. The minimum absolute atomic E-state index is 0.0163. The minimum Gasteiger partial charge on any atom is -0.335 e. The molecule has 1 aromatic heterocycles. The zero-order valence-corrected chi connectivity index (χ0v) is 16.1. The van der Waals surface area contributed by atoms with Gasteiger partial charge < -0.3 is 10.2 Å². The van der Waals surface area contributed by atoms with Crippen molar-refractivity contribution in [2.45, 2.75) is 20.3 Å². The van der Waals surface area contributed by atoms with E-state index in [-0.39, 0.29) is 11.8 Å². The smallest absolute Gasteiger partial charge is 0.264 e. The lowest BCUT2D eigenvalue weighted by molar-refractivity contribution is -0.117. The summed E-state index contributed by atoms with van der Waals surface area (Å²) >= 11 is 1.61. The van der Waals surface area contributed by atoms with E-state index in [1.165, 1.54) is 10.4 Å². The largest absolute Gasteiger partial charge is 0.335 e. The van der Waals surface area contributed by atoms with Crippen LogP contribution in [-0.2, 0) is 11.2 Å². The number of hydrogen-bond acceptors (Lipinski definition) is 4. The first-order valence-electron chi connectivity index (χ1n) is 9.02. The summed E-state index contributed by atoms with van der Waals surface area (Å²) in [5.74, 6) is 0.101. The number of amides is 2. The molecule has 6 heteroatoms. The van der Waals surface area contributed by atoms with Gasteiger partial charge in [-0.3, -0.25) is 14.5 Å². The van der Waals surface area contributed by atoms with Gasteiger partial charge in [-0.2, -0.15) is 0 Å². The van der Waals surface area contributed by atoms with Crippen LogP contribution in [0, 0.1) is 6.92 Å². The lowest BCUT2D eigenvalue weighted by Gasteiger charge is -2.34. The summed E-state index contributed by atoms with van der Waals surface area (Å²) in [6.45, 7) is 7.31. The number of hydrogen-bond donors (Lipinski definition) is 1. The fourth-order valence-electron chi connectivity index (χ4n) is 3.17. The van der Waals surface area contributed by atoms with E-state index in [0.717, 1.165) is 30.1 Å². The van der Waals surface area contributed by atoms with Gasteiger partial charge in [0.15, 0.2) is 0 Å². The number of thiophene rings is 1. The number of nitrogens with zero attached hydrogens (tertiary/aromatic N) is 2. The van der Waals surface area contributed by atoms with E-state index in [4.69, 9.17) is 0 Å². The molecule has 0 aliphatic carbocycles. The molecule has 2 heterocycles. The summed E-state index contributed by atoms with van der Waals surface area (Å²) in [6.07, 6.45) is 0.966. The van der Waals surface area contributed by atoms with Crippen molar-refractivity contribution in [1.82, 2.24) is 9.80 Å². The molecule has 0 bridgehead atoms. The number of aryl methyl sites for hydroxylation is 2. The molecular weight excluding hydrogens is 346 g/mol. The number of benzene rings is 1. The van der Waals surface area contributed by atoms with Crippen molar-refractivity contribution in [3.63, 3.8) is 0 Å². The number of piperazine rings is 1. The Kier molecular flexibility index (Phi) is 6.06. The van der Waals surface area contributed by atoms with Crippen molar-refractivity contribution in [2.24, 2.45) is 0 Å². The normalized spacial score (nSPS) is 15.1. The van der Waals surface area contributed by atoms with E-state index in [2.05, 4.69) is 24.1 Å². The van der Waals surface area contributed by atoms with Gasteiger partial charge in [-0.1, -0.05) is 25.1 Å². The Morgan fingerprint density at radius 3 is 2.42 bits per heavy atom. The molecule has 5 nitrogen and oxygen atoms in total.